The number of likely N-dealkylation sites (tertiary alicyclic amines) is 1. The van der Waals surface area contributed by atoms with E-state index in [1.165, 1.54) is 12.1 Å². The summed E-state index contributed by atoms with van der Waals surface area (Å²) < 4.78 is 23.7. The van der Waals surface area contributed by atoms with Crippen LogP contribution in [0.4, 0.5) is 4.39 Å². The van der Waals surface area contributed by atoms with E-state index in [2.05, 4.69) is 31.0 Å². The minimum atomic E-state index is -1.43. The summed E-state index contributed by atoms with van der Waals surface area (Å²) in [4.78, 5) is 10.5. The first-order valence-electron chi connectivity index (χ1n) is 12.9. The molecule has 3 aromatic heterocycles. The fourth-order valence-electron chi connectivity index (χ4n) is 5.16. The fraction of sp³-hybridized carbons (Fsp3) is 0.444. The van der Waals surface area contributed by atoms with Crippen LogP contribution in [0.5, 0.6) is 5.75 Å². The standard InChI is InChI=1S/C27H29FN8O2/c1-17-25(32-33-36(17)21-7-9-34(15-29)10-8-21)18-11-22-26(35(16-31-22)20-4-5-20)23(12-18)38-14-27(2,37)24-6-3-19(28)13-30-24/h3,6,11-13,16,20-21,37H,4-5,7-10,14H2,1-2H3. The molecule has 1 N–H and O–H groups in total. The van der Waals surface area contributed by atoms with Crippen molar-refractivity contribution in [1.82, 2.24) is 34.4 Å². The highest BCUT2D eigenvalue weighted by molar-refractivity contribution is 5.88. The molecule has 1 aromatic carbocycles. The maximum Gasteiger partial charge on any atom is 0.179 e. The quantitative estimate of drug-likeness (QED) is 0.368. The third kappa shape index (κ3) is 4.45. The molecule has 11 heteroatoms. The molecule has 10 nitrogen and oxygen atoms in total. The van der Waals surface area contributed by atoms with Crippen LogP contribution in [-0.4, -0.2) is 59.2 Å². The Kier molecular flexibility index (Phi) is 5.99. The van der Waals surface area contributed by atoms with Gasteiger partial charge in [-0.2, -0.15) is 5.26 Å². The van der Waals surface area contributed by atoms with Gasteiger partial charge in [0.2, 0.25) is 0 Å². The molecule has 1 atom stereocenters. The second-order valence-corrected chi connectivity index (χ2v) is 10.4. The Labute approximate surface area is 219 Å². The van der Waals surface area contributed by atoms with Crippen LogP contribution in [0, 0.1) is 24.2 Å². The fourth-order valence-corrected chi connectivity index (χ4v) is 5.16. The smallest absolute Gasteiger partial charge is 0.179 e. The molecule has 0 radical (unpaired) electrons. The number of ether oxygens (including phenoxy) is 1. The molecule has 0 bridgehead atoms. The van der Waals surface area contributed by atoms with E-state index in [0.717, 1.165) is 59.9 Å². The molecule has 4 heterocycles. The van der Waals surface area contributed by atoms with Crippen molar-refractivity contribution in [2.24, 2.45) is 0 Å². The summed E-state index contributed by atoms with van der Waals surface area (Å²) >= 11 is 0. The highest BCUT2D eigenvalue weighted by atomic mass is 19.1. The number of hydrogen-bond donors (Lipinski definition) is 1. The molecule has 6 rings (SSSR count). The van der Waals surface area contributed by atoms with Crippen molar-refractivity contribution >= 4 is 11.0 Å². The van der Waals surface area contributed by atoms with Crippen LogP contribution >= 0.6 is 0 Å². The lowest BCUT2D eigenvalue weighted by Gasteiger charge is -2.28. The van der Waals surface area contributed by atoms with Gasteiger partial charge in [0.25, 0.3) is 0 Å². The number of halogens is 1. The second kappa shape index (κ2) is 9.36. The van der Waals surface area contributed by atoms with E-state index in [4.69, 9.17) is 10.00 Å². The summed E-state index contributed by atoms with van der Waals surface area (Å²) in [5, 5.41) is 29.2. The molecule has 1 saturated carbocycles. The highest BCUT2D eigenvalue weighted by Crippen LogP contribution is 2.41. The number of nitrogens with zero attached hydrogens (tertiary/aromatic N) is 8. The molecule has 0 amide bonds. The van der Waals surface area contributed by atoms with Gasteiger partial charge in [0.15, 0.2) is 6.19 Å². The Morgan fingerprint density at radius 1 is 1.16 bits per heavy atom. The largest absolute Gasteiger partial charge is 0.488 e. The molecule has 1 aliphatic carbocycles. The minimum Gasteiger partial charge on any atom is -0.488 e. The predicted molar refractivity (Wildman–Crippen MR) is 136 cm³/mol. The number of benzene rings is 1. The SMILES string of the molecule is Cc1c(-c2cc(OCC(C)(O)c3ccc(F)cn3)c3c(c2)ncn3C2CC2)nnn1C1CCN(C#N)CC1. The molecule has 1 aliphatic heterocycles. The molecule has 4 aromatic rings. The number of nitriles is 1. The van der Waals surface area contributed by atoms with Crippen LogP contribution in [0.3, 0.4) is 0 Å². The molecule has 38 heavy (non-hydrogen) atoms. The monoisotopic (exact) mass is 516 g/mol. The number of aliphatic hydroxyl groups is 1. The third-order valence-electron chi connectivity index (χ3n) is 7.52. The summed E-state index contributed by atoms with van der Waals surface area (Å²) in [6.07, 6.45) is 8.99. The molecular weight excluding hydrogens is 487 g/mol. The Morgan fingerprint density at radius 3 is 2.63 bits per heavy atom. The molecule has 2 fully saturated rings. The Morgan fingerprint density at radius 2 is 1.95 bits per heavy atom. The summed E-state index contributed by atoms with van der Waals surface area (Å²) in [5.74, 6) is 0.118. The zero-order valence-electron chi connectivity index (χ0n) is 21.4. The van der Waals surface area contributed by atoms with E-state index in [0.29, 0.717) is 30.6 Å². The van der Waals surface area contributed by atoms with Gasteiger partial charge in [-0.15, -0.1) is 5.10 Å². The molecule has 2 aliphatic rings. The van der Waals surface area contributed by atoms with Crippen molar-refractivity contribution in [1.29, 1.82) is 5.26 Å². The van der Waals surface area contributed by atoms with Crippen molar-refractivity contribution in [2.75, 3.05) is 19.7 Å². The first-order valence-corrected chi connectivity index (χ1v) is 12.9. The number of piperidine rings is 1. The average molecular weight is 517 g/mol. The van der Waals surface area contributed by atoms with Crippen molar-refractivity contribution in [3.05, 3.63) is 54.0 Å². The molecule has 196 valence electrons. The van der Waals surface area contributed by atoms with Gasteiger partial charge < -0.3 is 19.3 Å². The summed E-state index contributed by atoms with van der Waals surface area (Å²) in [7, 11) is 0. The number of hydrogen-bond acceptors (Lipinski definition) is 8. The Hall–Kier alpha value is -4.04. The topological polar surface area (TPSA) is 118 Å². The summed E-state index contributed by atoms with van der Waals surface area (Å²) in [6, 6.07) is 7.23. The number of imidazole rings is 1. The maximum atomic E-state index is 13.4. The van der Waals surface area contributed by atoms with Crippen LogP contribution in [0.2, 0.25) is 0 Å². The van der Waals surface area contributed by atoms with Crippen LogP contribution in [0.15, 0.2) is 36.8 Å². The molecule has 1 saturated heterocycles. The van der Waals surface area contributed by atoms with Gasteiger partial charge in [0, 0.05) is 24.7 Å². The van der Waals surface area contributed by atoms with Gasteiger partial charge in [-0.1, -0.05) is 5.21 Å². The van der Waals surface area contributed by atoms with Crippen molar-refractivity contribution in [2.45, 2.75) is 57.2 Å². The number of fused-ring (bicyclic) bond motifs is 1. The first kappa shape index (κ1) is 24.3. The van der Waals surface area contributed by atoms with Gasteiger partial charge in [0.1, 0.15) is 35.0 Å². The van der Waals surface area contributed by atoms with E-state index in [1.807, 2.05) is 30.1 Å². The first-order chi connectivity index (χ1) is 18.3. The minimum absolute atomic E-state index is 0.0802. The van der Waals surface area contributed by atoms with E-state index in [9.17, 15) is 9.50 Å². The second-order valence-electron chi connectivity index (χ2n) is 10.4. The predicted octanol–water partition coefficient (Wildman–Crippen LogP) is 3.88. The number of pyridine rings is 1. The van der Waals surface area contributed by atoms with Gasteiger partial charge in [0.05, 0.1) is 35.5 Å². The van der Waals surface area contributed by atoms with Gasteiger partial charge in [-0.3, -0.25) is 4.98 Å². The van der Waals surface area contributed by atoms with Crippen molar-refractivity contribution < 1.29 is 14.2 Å². The van der Waals surface area contributed by atoms with Crippen LogP contribution < -0.4 is 4.74 Å². The van der Waals surface area contributed by atoms with E-state index in [-0.39, 0.29) is 12.6 Å². The van der Waals surface area contributed by atoms with E-state index >= 15 is 0 Å². The zero-order chi connectivity index (χ0) is 26.4. The molecular formula is C27H29FN8O2. The highest BCUT2D eigenvalue weighted by Gasteiger charge is 2.30. The lowest BCUT2D eigenvalue weighted by molar-refractivity contribution is 0.00421. The van der Waals surface area contributed by atoms with Gasteiger partial charge in [-0.05, 0) is 63.8 Å². The van der Waals surface area contributed by atoms with Crippen molar-refractivity contribution in [3.8, 4) is 23.2 Å². The lowest BCUT2D eigenvalue weighted by atomic mass is 10.0. The zero-order valence-corrected chi connectivity index (χ0v) is 21.4. The molecule has 0 spiro atoms. The number of aromatic nitrogens is 6. The van der Waals surface area contributed by atoms with Gasteiger partial charge in [-0.25, -0.2) is 14.1 Å². The van der Waals surface area contributed by atoms with Crippen molar-refractivity contribution in [3.63, 3.8) is 0 Å². The van der Waals surface area contributed by atoms with Crippen LogP contribution in [-0.2, 0) is 5.60 Å². The van der Waals surface area contributed by atoms with Gasteiger partial charge >= 0.3 is 0 Å². The lowest BCUT2D eigenvalue weighted by Crippen LogP contribution is -2.31. The number of rotatable bonds is 7. The van der Waals surface area contributed by atoms with Crippen LogP contribution in [0.25, 0.3) is 22.3 Å². The third-order valence-corrected chi connectivity index (χ3v) is 7.52. The summed E-state index contributed by atoms with van der Waals surface area (Å²) in [6.45, 7) is 4.94. The average Bonchev–Trinajstić information content (AvgIpc) is 3.56. The maximum absolute atomic E-state index is 13.4. The molecule has 1 unspecified atom stereocenters. The van der Waals surface area contributed by atoms with Crippen LogP contribution in [0.1, 0.15) is 56.1 Å². The van der Waals surface area contributed by atoms with E-state index in [1.54, 1.807) is 11.8 Å². The van der Waals surface area contributed by atoms with E-state index < -0.39 is 11.4 Å². The Bertz CT molecular complexity index is 1510. The normalized spacial score (nSPS) is 17.9. The summed E-state index contributed by atoms with van der Waals surface area (Å²) in [5.41, 5.74) is 3.04. The Balaban J connectivity index is 1.33.